The maximum atomic E-state index is 9.76. The first-order chi connectivity index (χ1) is 16.7. The highest BCUT2D eigenvalue weighted by atomic mass is 16.5. The second kappa shape index (κ2) is 9.36. The van der Waals surface area contributed by atoms with E-state index in [0.29, 0.717) is 24.4 Å². The minimum Gasteiger partial charge on any atom is -0.463 e. The number of benzene rings is 1. The van der Waals surface area contributed by atoms with Crippen LogP contribution in [0.5, 0.6) is 0 Å². The van der Waals surface area contributed by atoms with E-state index in [0.717, 1.165) is 35.2 Å². The number of carbonyl (C=O) groups is 1. The summed E-state index contributed by atoms with van der Waals surface area (Å²) in [5.41, 5.74) is 3.12. The Morgan fingerprint density at radius 1 is 0.971 bits per heavy atom. The zero-order valence-electron chi connectivity index (χ0n) is 20.2. The molecular weight excluding hydrogens is 420 g/mol. The Morgan fingerprint density at radius 3 is 2.32 bits per heavy atom. The van der Waals surface area contributed by atoms with Gasteiger partial charge in [-0.05, 0) is 105 Å². The summed E-state index contributed by atoms with van der Waals surface area (Å²) in [4.78, 5) is 18.3. The van der Waals surface area contributed by atoms with E-state index in [4.69, 9.17) is 4.98 Å². The molecule has 6 bridgehead atoms. The minimum atomic E-state index is 0.365. The highest BCUT2D eigenvalue weighted by Gasteiger charge is 2.50. The van der Waals surface area contributed by atoms with E-state index < -0.39 is 0 Å². The molecule has 8 rings (SSSR count). The van der Waals surface area contributed by atoms with Crippen LogP contribution in [0.2, 0.25) is 0 Å². The van der Waals surface area contributed by atoms with Gasteiger partial charge in [-0.25, -0.2) is 4.98 Å². The highest BCUT2D eigenvalue weighted by Crippen LogP contribution is 2.61. The SMILES string of the molecule is C1=CC2CC1CC2c1ncc(CCC23CC4CC(CC(C4)C2)C3)[nH]1.O=COCc1ccccc1. The Balaban J connectivity index is 0.000000185. The molecule has 1 aromatic carbocycles. The Kier molecular flexibility index (Phi) is 6.09. The zero-order chi connectivity index (χ0) is 23.0. The van der Waals surface area contributed by atoms with Gasteiger partial charge in [-0.3, -0.25) is 4.79 Å². The van der Waals surface area contributed by atoms with Gasteiger partial charge in [-0.15, -0.1) is 0 Å². The van der Waals surface area contributed by atoms with Gasteiger partial charge in [0.2, 0.25) is 0 Å². The van der Waals surface area contributed by atoms with Crippen LogP contribution in [-0.2, 0) is 22.6 Å². The van der Waals surface area contributed by atoms with Crippen molar-refractivity contribution in [1.29, 1.82) is 0 Å². The monoisotopic (exact) mass is 458 g/mol. The molecule has 180 valence electrons. The predicted octanol–water partition coefficient (Wildman–Crippen LogP) is 6.60. The third-order valence-corrected chi connectivity index (χ3v) is 9.53. The van der Waals surface area contributed by atoms with Crippen LogP contribution in [-0.4, -0.2) is 16.4 Å². The predicted molar refractivity (Wildman–Crippen MR) is 133 cm³/mol. The van der Waals surface area contributed by atoms with Crippen molar-refractivity contribution in [2.24, 2.45) is 35.0 Å². The number of rotatable bonds is 7. The number of fused-ring (bicyclic) bond motifs is 2. The number of hydrogen-bond donors (Lipinski definition) is 1. The summed E-state index contributed by atoms with van der Waals surface area (Å²) >= 11 is 0. The van der Waals surface area contributed by atoms with E-state index in [1.54, 1.807) is 19.3 Å². The van der Waals surface area contributed by atoms with E-state index >= 15 is 0 Å². The summed E-state index contributed by atoms with van der Waals surface area (Å²) in [5, 5.41) is 0. The fourth-order valence-electron chi connectivity index (χ4n) is 8.49. The molecule has 0 saturated heterocycles. The standard InChI is InChI=1S/C22H30N2.C8H8O2/c1-2-18-8-14(1)9-20(18)21-23-13-19(24-21)3-4-22-10-15-5-16(11-22)7-17(6-15)12-22;9-7-10-6-8-4-2-1-3-5-8/h1-2,13-18,20H,3-12H2,(H,23,24);1-5,7H,6H2. The number of aromatic nitrogens is 2. The minimum absolute atomic E-state index is 0.365. The number of allylic oxidation sites excluding steroid dienone is 2. The Hall–Kier alpha value is -2.36. The Labute approximate surface area is 203 Å². The molecule has 5 saturated carbocycles. The number of hydrogen-bond acceptors (Lipinski definition) is 3. The summed E-state index contributed by atoms with van der Waals surface area (Å²) in [6.07, 6.45) is 21.7. The fraction of sp³-hybridized carbons (Fsp3) is 0.600. The van der Waals surface area contributed by atoms with Crippen LogP contribution in [0.15, 0.2) is 48.7 Å². The number of imidazole rings is 1. The summed E-state index contributed by atoms with van der Waals surface area (Å²) < 4.78 is 4.54. The molecule has 3 unspecified atom stereocenters. The number of aryl methyl sites for hydroxylation is 1. The molecule has 34 heavy (non-hydrogen) atoms. The molecule has 1 heterocycles. The molecule has 4 nitrogen and oxygen atoms in total. The molecule has 1 aromatic heterocycles. The Bertz CT molecular complexity index is 975. The second-order valence-electron chi connectivity index (χ2n) is 12.0. The average molecular weight is 459 g/mol. The summed E-state index contributed by atoms with van der Waals surface area (Å²) in [6.45, 7) is 0.817. The lowest BCUT2D eigenvalue weighted by Gasteiger charge is -2.57. The highest BCUT2D eigenvalue weighted by molar-refractivity contribution is 5.37. The van der Waals surface area contributed by atoms with Crippen molar-refractivity contribution in [3.8, 4) is 0 Å². The van der Waals surface area contributed by atoms with Gasteiger partial charge in [-0.1, -0.05) is 42.5 Å². The van der Waals surface area contributed by atoms with Crippen LogP contribution in [0.4, 0.5) is 0 Å². The summed E-state index contributed by atoms with van der Waals surface area (Å²) in [5.74, 6) is 6.79. The first-order valence-corrected chi connectivity index (χ1v) is 13.5. The smallest absolute Gasteiger partial charge is 0.293 e. The lowest BCUT2D eigenvalue weighted by atomic mass is 9.48. The maximum Gasteiger partial charge on any atom is 0.293 e. The molecule has 6 aliphatic carbocycles. The topological polar surface area (TPSA) is 55.0 Å². The van der Waals surface area contributed by atoms with Crippen molar-refractivity contribution in [3.63, 3.8) is 0 Å². The summed E-state index contributed by atoms with van der Waals surface area (Å²) in [7, 11) is 0. The van der Waals surface area contributed by atoms with E-state index in [2.05, 4.69) is 28.1 Å². The van der Waals surface area contributed by atoms with Crippen molar-refractivity contribution < 1.29 is 9.53 Å². The van der Waals surface area contributed by atoms with E-state index in [-0.39, 0.29) is 0 Å². The molecule has 0 radical (unpaired) electrons. The molecule has 0 aliphatic heterocycles. The number of aromatic amines is 1. The Morgan fingerprint density at radius 2 is 1.71 bits per heavy atom. The van der Waals surface area contributed by atoms with E-state index in [9.17, 15) is 4.79 Å². The number of ether oxygens (including phenoxy) is 1. The van der Waals surface area contributed by atoms with E-state index in [1.165, 1.54) is 56.5 Å². The normalized spacial score (nSPS) is 36.4. The third kappa shape index (κ3) is 4.61. The van der Waals surface area contributed by atoms with Crippen molar-refractivity contribution in [2.45, 2.75) is 76.7 Å². The largest absolute Gasteiger partial charge is 0.463 e. The van der Waals surface area contributed by atoms with Crippen LogP contribution in [0, 0.1) is 35.0 Å². The molecule has 2 aromatic rings. The van der Waals surface area contributed by atoms with Crippen LogP contribution in [0.25, 0.3) is 0 Å². The van der Waals surface area contributed by atoms with Gasteiger partial charge < -0.3 is 9.72 Å². The van der Waals surface area contributed by atoms with Crippen LogP contribution in [0.1, 0.15) is 80.8 Å². The number of H-pyrrole nitrogens is 1. The van der Waals surface area contributed by atoms with Crippen LogP contribution in [0.3, 0.4) is 0 Å². The number of nitrogens with zero attached hydrogens (tertiary/aromatic N) is 1. The molecule has 3 atom stereocenters. The van der Waals surface area contributed by atoms with Crippen molar-refractivity contribution in [3.05, 3.63) is 65.8 Å². The van der Waals surface area contributed by atoms with Gasteiger partial charge in [0.15, 0.2) is 0 Å². The van der Waals surface area contributed by atoms with Gasteiger partial charge in [0.25, 0.3) is 6.47 Å². The van der Waals surface area contributed by atoms with Crippen molar-refractivity contribution in [1.82, 2.24) is 9.97 Å². The first kappa shape index (κ1) is 22.1. The fourth-order valence-corrected chi connectivity index (χ4v) is 8.49. The van der Waals surface area contributed by atoms with Crippen molar-refractivity contribution in [2.75, 3.05) is 0 Å². The molecular formula is C30H38N2O2. The number of carbonyl (C=O) groups excluding carboxylic acids is 1. The average Bonchev–Trinajstić information content (AvgIpc) is 3.59. The zero-order valence-corrected chi connectivity index (χ0v) is 20.2. The van der Waals surface area contributed by atoms with Crippen molar-refractivity contribution >= 4 is 6.47 Å². The van der Waals surface area contributed by atoms with Gasteiger partial charge in [-0.2, -0.15) is 0 Å². The maximum absolute atomic E-state index is 9.76. The second-order valence-corrected chi connectivity index (χ2v) is 12.0. The first-order valence-electron chi connectivity index (χ1n) is 13.5. The van der Waals surface area contributed by atoms with Crippen LogP contribution < -0.4 is 0 Å². The van der Waals surface area contributed by atoms with Gasteiger partial charge in [0.05, 0.1) is 0 Å². The summed E-state index contributed by atoms with van der Waals surface area (Å²) in [6, 6.07) is 9.55. The molecule has 4 heteroatoms. The lowest BCUT2D eigenvalue weighted by molar-refractivity contribution is -0.129. The quantitative estimate of drug-likeness (QED) is 0.376. The van der Waals surface area contributed by atoms with Crippen LogP contribution >= 0.6 is 0 Å². The molecule has 1 N–H and O–H groups in total. The van der Waals surface area contributed by atoms with Gasteiger partial charge in [0.1, 0.15) is 12.4 Å². The molecule has 0 amide bonds. The van der Waals surface area contributed by atoms with E-state index in [1.807, 2.05) is 30.3 Å². The molecule has 6 aliphatic rings. The van der Waals surface area contributed by atoms with Gasteiger partial charge >= 0.3 is 0 Å². The van der Waals surface area contributed by atoms with Gasteiger partial charge in [0, 0.05) is 17.8 Å². The molecule has 0 spiro atoms. The number of nitrogens with one attached hydrogen (secondary N) is 1. The molecule has 5 fully saturated rings. The third-order valence-electron chi connectivity index (χ3n) is 9.53. The lowest BCUT2D eigenvalue weighted by Crippen LogP contribution is -2.46.